The van der Waals surface area contributed by atoms with Crippen LogP contribution in [0.4, 0.5) is 10.1 Å². The van der Waals surface area contributed by atoms with Crippen molar-refractivity contribution >= 4 is 11.5 Å². The summed E-state index contributed by atoms with van der Waals surface area (Å²) in [5.74, 6) is -0.0164. The topological polar surface area (TPSA) is 29.5 Å². The molecule has 1 aromatic carbocycles. The van der Waals surface area contributed by atoms with Crippen molar-refractivity contribution in [3.8, 4) is 0 Å². The van der Waals surface area contributed by atoms with Crippen LogP contribution in [-0.4, -0.2) is 32.6 Å². The van der Waals surface area contributed by atoms with Gasteiger partial charge < -0.3 is 9.64 Å². The third-order valence-corrected chi connectivity index (χ3v) is 3.15. The molecule has 0 spiro atoms. The van der Waals surface area contributed by atoms with Crippen molar-refractivity contribution in [2.45, 2.75) is 27.7 Å². The number of nitrogens with zero attached hydrogens (tertiary/aromatic N) is 1. The van der Waals surface area contributed by atoms with Gasteiger partial charge in [0.05, 0.1) is 6.61 Å². The first-order chi connectivity index (χ1) is 9.36. The highest BCUT2D eigenvalue weighted by atomic mass is 19.1. The fraction of sp³-hybridized carbons (Fsp3) is 0.562. The summed E-state index contributed by atoms with van der Waals surface area (Å²) < 4.78 is 18.8. The largest absolute Gasteiger partial charge is 0.383 e. The second kappa shape index (κ2) is 7.39. The normalized spacial score (nSPS) is 10.9. The number of ether oxygens (including phenoxy) is 1. The Bertz CT molecular complexity index is 472. The molecule has 0 radical (unpaired) electrons. The summed E-state index contributed by atoms with van der Waals surface area (Å²) in [6, 6.07) is 3.09. The van der Waals surface area contributed by atoms with E-state index in [9.17, 15) is 9.18 Å². The van der Waals surface area contributed by atoms with Crippen molar-refractivity contribution in [2.75, 3.05) is 31.7 Å². The van der Waals surface area contributed by atoms with Gasteiger partial charge in [-0.05, 0) is 37.5 Å². The van der Waals surface area contributed by atoms with E-state index in [4.69, 9.17) is 4.74 Å². The summed E-state index contributed by atoms with van der Waals surface area (Å²) in [6.45, 7) is 9.46. The van der Waals surface area contributed by atoms with Crippen molar-refractivity contribution < 1.29 is 13.9 Å². The van der Waals surface area contributed by atoms with E-state index in [-0.39, 0.29) is 11.6 Å². The standard InChI is InChI=1S/C16H24FNO2/c1-11(2)10-18(6-7-20-5)16-8-12(3)15(17)9-14(16)13(4)19/h8-9,11H,6-7,10H2,1-5H3. The molecule has 1 aromatic rings. The first-order valence-corrected chi connectivity index (χ1v) is 6.91. The molecule has 0 bridgehead atoms. The molecule has 3 nitrogen and oxygen atoms in total. The van der Waals surface area contributed by atoms with E-state index >= 15 is 0 Å². The molecule has 0 saturated heterocycles. The highest BCUT2D eigenvalue weighted by Crippen LogP contribution is 2.25. The Kier molecular flexibility index (Phi) is 6.14. The maximum absolute atomic E-state index is 13.7. The van der Waals surface area contributed by atoms with Crippen molar-refractivity contribution in [1.82, 2.24) is 0 Å². The molecule has 4 heteroatoms. The Labute approximate surface area is 120 Å². The van der Waals surface area contributed by atoms with E-state index in [0.29, 0.717) is 30.2 Å². The van der Waals surface area contributed by atoms with Gasteiger partial charge in [-0.2, -0.15) is 0 Å². The smallest absolute Gasteiger partial charge is 0.161 e. The maximum atomic E-state index is 13.7. The molecular weight excluding hydrogens is 257 g/mol. The van der Waals surface area contributed by atoms with Crippen molar-refractivity contribution in [3.05, 3.63) is 29.1 Å². The number of benzene rings is 1. The van der Waals surface area contributed by atoms with E-state index in [1.165, 1.54) is 13.0 Å². The molecule has 0 amide bonds. The molecule has 0 aliphatic rings. The highest BCUT2D eigenvalue weighted by molar-refractivity contribution is 6.00. The van der Waals surface area contributed by atoms with Crippen LogP contribution < -0.4 is 4.90 Å². The van der Waals surface area contributed by atoms with Crippen molar-refractivity contribution in [1.29, 1.82) is 0 Å². The Morgan fingerprint density at radius 2 is 2.05 bits per heavy atom. The van der Waals surface area contributed by atoms with Crippen LogP contribution in [0.1, 0.15) is 36.7 Å². The maximum Gasteiger partial charge on any atom is 0.161 e. The second-order valence-electron chi connectivity index (χ2n) is 5.51. The third kappa shape index (κ3) is 4.30. The molecule has 0 unspecified atom stereocenters. The predicted octanol–water partition coefficient (Wildman–Crippen LogP) is 3.45. The molecule has 0 atom stereocenters. The number of hydrogen-bond acceptors (Lipinski definition) is 3. The van der Waals surface area contributed by atoms with Crippen molar-refractivity contribution in [3.63, 3.8) is 0 Å². The number of aryl methyl sites for hydroxylation is 1. The lowest BCUT2D eigenvalue weighted by atomic mass is 10.0. The van der Waals surface area contributed by atoms with Crippen LogP contribution in [0.25, 0.3) is 0 Å². The van der Waals surface area contributed by atoms with E-state index in [0.717, 1.165) is 12.2 Å². The number of carbonyl (C=O) groups is 1. The quantitative estimate of drug-likeness (QED) is 0.717. The van der Waals surface area contributed by atoms with Gasteiger partial charge in [-0.25, -0.2) is 4.39 Å². The van der Waals surface area contributed by atoms with E-state index in [1.807, 2.05) is 0 Å². The van der Waals surface area contributed by atoms with Crippen LogP contribution in [-0.2, 0) is 4.74 Å². The Morgan fingerprint density at radius 3 is 2.55 bits per heavy atom. The second-order valence-corrected chi connectivity index (χ2v) is 5.51. The Hall–Kier alpha value is -1.42. The summed E-state index contributed by atoms with van der Waals surface area (Å²) in [7, 11) is 1.65. The van der Waals surface area contributed by atoms with Gasteiger partial charge in [0, 0.05) is 31.5 Å². The molecule has 0 heterocycles. The number of methoxy groups -OCH3 is 1. The Balaban J connectivity index is 3.22. The zero-order chi connectivity index (χ0) is 15.3. The van der Waals surface area contributed by atoms with Crippen LogP contribution in [0, 0.1) is 18.7 Å². The molecule has 1 rings (SSSR count). The molecule has 0 fully saturated rings. The molecule has 0 N–H and O–H groups in total. The first kappa shape index (κ1) is 16.6. The zero-order valence-corrected chi connectivity index (χ0v) is 13.0. The number of hydrogen-bond donors (Lipinski definition) is 0. The number of halogens is 1. The average molecular weight is 281 g/mol. The summed E-state index contributed by atoms with van der Waals surface area (Å²) in [6.07, 6.45) is 0. The zero-order valence-electron chi connectivity index (χ0n) is 13.0. The third-order valence-electron chi connectivity index (χ3n) is 3.15. The first-order valence-electron chi connectivity index (χ1n) is 6.91. The molecule has 0 aliphatic heterocycles. The van der Waals surface area contributed by atoms with Crippen LogP contribution in [0.5, 0.6) is 0 Å². The van der Waals surface area contributed by atoms with Gasteiger partial charge in [0.1, 0.15) is 5.82 Å². The average Bonchev–Trinajstić information content (AvgIpc) is 2.36. The molecule has 0 aliphatic carbocycles. The highest BCUT2D eigenvalue weighted by Gasteiger charge is 2.17. The van der Waals surface area contributed by atoms with E-state index < -0.39 is 0 Å². The number of ketones is 1. The van der Waals surface area contributed by atoms with Gasteiger partial charge in [-0.3, -0.25) is 4.79 Å². The SMILES string of the molecule is COCCN(CC(C)C)c1cc(C)c(F)cc1C(C)=O. The minimum absolute atomic E-state index is 0.120. The van der Waals surface area contributed by atoms with Gasteiger partial charge in [0.25, 0.3) is 0 Å². The van der Waals surface area contributed by atoms with Gasteiger partial charge in [0.15, 0.2) is 5.78 Å². The van der Waals surface area contributed by atoms with E-state index in [1.54, 1.807) is 20.1 Å². The molecule has 112 valence electrons. The fourth-order valence-corrected chi connectivity index (χ4v) is 2.16. The Morgan fingerprint density at radius 1 is 1.40 bits per heavy atom. The summed E-state index contributed by atoms with van der Waals surface area (Å²) in [4.78, 5) is 13.9. The number of carbonyl (C=O) groups excluding carboxylic acids is 1. The molecule has 0 saturated carbocycles. The molecular formula is C16H24FNO2. The number of Topliss-reactive ketones (excluding diaryl/α,β-unsaturated/α-hetero) is 1. The predicted molar refractivity (Wildman–Crippen MR) is 80.1 cm³/mol. The lowest BCUT2D eigenvalue weighted by Gasteiger charge is -2.28. The molecule has 20 heavy (non-hydrogen) atoms. The monoisotopic (exact) mass is 281 g/mol. The van der Waals surface area contributed by atoms with Gasteiger partial charge >= 0.3 is 0 Å². The van der Waals surface area contributed by atoms with Crippen LogP contribution >= 0.6 is 0 Å². The molecule has 0 aromatic heterocycles. The van der Waals surface area contributed by atoms with E-state index in [2.05, 4.69) is 18.7 Å². The summed E-state index contributed by atoms with van der Waals surface area (Å²) >= 11 is 0. The minimum Gasteiger partial charge on any atom is -0.383 e. The lowest BCUT2D eigenvalue weighted by molar-refractivity contribution is 0.101. The van der Waals surface area contributed by atoms with Gasteiger partial charge in [-0.1, -0.05) is 13.8 Å². The number of rotatable bonds is 7. The van der Waals surface area contributed by atoms with Gasteiger partial charge in [-0.15, -0.1) is 0 Å². The van der Waals surface area contributed by atoms with Gasteiger partial charge in [0.2, 0.25) is 0 Å². The summed E-state index contributed by atoms with van der Waals surface area (Å²) in [5.41, 5.74) is 1.78. The van der Waals surface area contributed by atoms with Crippen LogP contribution in [0.3, 0.4) is 0 Å². The number of anilines is 1. The van der Waals surface area contributed by atoms with Crippen LogP contribution in [0.15, 0.2) is 12.1 Å². The fourth-order valence-electron chi connectivity index (χ4n) is 2.16. The lowest BCUT2D eigenvalue weighted by Crippen LogP contribution is -2.32. The van der Waals surface area contributed by atoms with Crippen molar-refractivity contribution in [2.24, 2.45) is 5.92 Å². The summed E-state index contributed by atoms with van der Waals surface area (Å²) in [5, 5.41) is 0. The minimum atomic E-state index is -0.338. The van der Waals surface area contributed by atoms with Crippen LogP contribution in [0.2, 0.25) is 0 Å².